The van der Waals surface area contributed by atoms with E-state index in [9.17, 15) is 14.4 Å². The Labute approximate surface area is 341 Å². The topological polar surface area (TPSA) is 108 Å². The van der Waals surface area contributed by atoms with Crippen molar-refractivity contribution in [3.05, 3.63) is 180 Å². The highest BCUT2D eigenvalue weighted by Crippen LogP contribution is 2.26. The lowest BCUT2D eigenvalue weighted by Crippen LogP contribution is -2.45. The summed E-state index contributed by atoms with van der Waals surface area (Å²) in [4.78, 5) is 46.7. The van der Waals surface area contributed by atoms with Gasteiger partial charge in [0.05, 0.1) is 6.42 Å². The highest BCUT2D eigenvalue weighted by molar-refractivity contribution is 6.03. The van der Waals surface area contributed by atoms with Crippen molar-refractivity contribution in [3.8, 4) is 28.0 Å². The molecule has 9 nitrogen and oxygen atoms in total. The summed E-state index contributed by atoms with van der Waals surface area (Å²) in [6.45, 7) is 2.18. The number of hydrogen-bond acceptors (Lipinski definition) is 6. The Morgan fingerprint density at radius 2 is 1.14 bits per heavy atom. The van der Waals surface area contributed by atoms with E-state index in [4.69, 9.17) is 10.5 Å². The van der Waals surface area contributed by atoms with Crippen LogP contribution in [0.25, 0.3) is 22.3 Å². The van der Waals surface area contributed by atoms with E-state index >= 15 is 0 Å². The van der Waals surface area contributed by atoms with Gasteiger partial charge in [0.1, 0.15) is 18.4 Å². The fourth-order valence-electron chi connectivity index (χ4n) is 6.52. The first-order valence-corrected chi connectivity index (χ1v) is 19.5. The lowest BCUT2D eigenvalue weighted by Gasteiger charge is -2.28. The van der Waals surface area contributed by atoms with Crippen LogP contribution in [-0.4, -0.2) is 74.8 Å². The molecule has 0 bridgehead atoms. The molecule has 0 radical (unpaired) electrons. The van der Waals surface area contributed by atoms with Crippen molar-refractivity contribution in [2.24, 2.45) is 5.73 Å². The first-order valence-electron chi connectivity index (χ1n) is 19.5. The zero-order valence-corrected chi connectivity index (χ0v) is 33.4. The van der Waals surface area contributed by atoms with Crippen LogP contribution in [0.2, 0.25) is 0 Å². The van der Waals surface area contributed by atoms with E-state index in [1.807, 2.05) is 116 Å². The molecule has 0 saturated heterocycles. The number of hydrogen-bond donors (Lipinski definition) is 2. The SMILES string of the molecule is CN(C)CCN(C)C(=O)Cc1ccc(N(CCN)C(=O)C(NC(=O)c2ccc(-c3ccccc3)cc2)c2ccc(OCc3ccc(-c4ccccc4)cc3)cc2)cc1. The molecule has 0 aromatic heterocycles. The van der Waals surface area contributed by atoms with Crippen LogP contribution in [0.1, 0.15) is 33.1 Å². The standard InChI is InChI=1S/C49H51N5O4/c1-52(2)32-33-53(3)46(55)34-36-16-26-44(27-17-36)54(31-30-50)49(57)47(51-48(56)43-22-20-41(21-23-43)39-12-8-5-9-13-39)42-24-28-45(29-25-42)58-35-37-14-18-40(19-15-37)38-10-6-4-7-11-38/h4-29,47H,30-35,50H2,1-3H3,(H,51,56). The molecule has 0 aliphatic carbocycles. The van der Waals surface area contributed by atoms with Crippen molar-refractivity contribution in [1.29, 1.82) is 0 Å². The molecule has 1 unspecified atom stereocenters. The van der Waals surface area contributed by atoms with Gasteiger partial charge in [0.25, 0.3) is 11.8 Å². The van der Waals surface area contributed by atoms with Gasteiger partial charge in [-0.25, -0.2) is 0 Å². The Bertz CT molecular complexity index is 2230. The largest absolute Gasteiger partial charge is 0.489 e. The molecule has 3 amide bonds. The molecule has 0 aliphatic rings. The lowest BCUT2D eigenvalue weighted by molar-refractivity contribution is -0.129. The summed E-state index contributed by atoms with van der Waals surface area (Å²) >= 11 is 0. The molecule has 0 saturated carbocycles. The quantitative estimate of drug-likeness (QED) is 0.0988. The molecular formula is C49H51N5O4. The van der Waals surface area contributed by atoms with Gasteiger partial charge in [0.2, 0.25) is 5.91 Å². The second-order valence-corrected chi connectivity index (χ2v) is 14.5. The molecule has 296 valence electrons. The predicted molar refractivity (Wildman–Crippen MR) is 232 cm³/mol. The molecule has 0 fully saturated rings. The maximum atomic E-state index is 14.6. The van der Waals surface area contributed by atoms with Gasteiger partial charge >= 0.3 is 0 Å². The van der Waals surface area contributed by atoms with Gasteiger partial charge in [0, 0.05) is 44.5 Å². The van der Waals surface area contributed by atoms with Crippen LogP contribution in [0.15, 0.2) is 158 Å². The van der Waals surface area contributed by atoms with E-state index < -0.39 is 11.9 Å². The van der Waals surface area contributed by atoms with Gasteiger partial charge in [-0.05, 0) is 89.4 Å². The molecule has 0 heterocycles. The van der Waals surface area contributed by atoms with E-state index in [-0.39, 0.29) is 31.3 Å². The van der Waals surface area contributed by atoms with Crippen molar-refractivity contribution in [2.75, 3.05) is 52.2 Å². The minimum Gasteiger partial charge on any atom is -0.489 e. The minimum absolute atomic E-state index is 0.0115. The van der Waals surface area contributed by atoms with Crippen molar-refractivity contribution >= 4 is 23.4 Å². The molecular weight excluding hydrogens is 723 g/mol. The van der Waals surface area contributed by atoms with Gasteiger partial charge in [-0.15, -0.1) is 0 Å². The Balaban J connectivity index is 1.20. The number of carbonyl (C=O) groups is 3. The van der Waals surface area contributed by atoms with Crippen LogP contribution in [0.5, 0.6) is 5.75 Å². The van der Waals surface area contributed by atoms with Crippen molar-refractivity contribution in [3.63, 3.8) is 0 Å². The van der Waals surface area contributed by atoms with Gasteiger partial charge in [-0.2, -0.15) is 0 Å². The number of rotatable bonds is 17. The molecule has 9 heteroatoms. The third-order valence-electron chi connectivity index (χ3n) is 9.99. The van der Waals surface area contributed by atoms with E-state index in [1.165, 1.54) is 0 Å². The van der Waals surface area contributed by atoms with Crippen molar-refractivity contribution in [2.45, 2.75) is 19.1 Å². The Hall–Kier alpha value is -6.55. The number of anilines is 1. The van der Waals surface area contributed by atoms with Gasteiger partial charge in [-0.1, -0.05) is 121 Å². The first kappa shape index (κ1) is 41.1. The number of likely N-dealkylation sites (N-methyl/N-ethyl adjacent to an activating group) is 2. The van der Waals surface area contributed by atoms with Crippen LogP contribution in [0, 0.1) is 0 Å². The number of nitrogens with two attached hydrogens (primary N) is 1. The highest BCUT2D eigenvalue weighted by Gasteiger charge is 2.29. The van der Waals surface area contributed by atoms with Crippen LogP contribution >= 0.6 is 0 Å². The molecule has 6 rings (SSSR count). The molecule has 6 aromatic carbocycles. The van der Waals surface area contributed by atoms with Crippen molar-refractivity contribution in [1.82, 2.24) is 15.1 Å². The summed E-state index contributed by atoms with van der Waals surface area (Å²) in [5, 5.41) is 3.02. The van der Waals surface area contributed by atoms with Crippen molar-refractivity contribution < 1.29 is 19.1 Å². The Morgan fingerprint density at radius 3 is 1.69 bits per heavy atom. The molecule has 3 N–H and O–H groups in total. The second-order valence-electron chi connectivity index (χ2n) is 14.5. The third-order valence-corrected chi connectivity index (χ3v) is 9.99. The third kappa shape index (κ3) is 11.1. The van der Waals surface area contributed by atoms with E-state index in [1.54, 1.807) is 41.1 Å². The molecule has 1 atom stereocenters. The number of nitrogens with one attached hydrogen (secondary N) is 1. The van der Waals surface area contributed by atoms with Crippen LogP contribution in [0.4, 0.5) is 5.69 Å². The maximum Gasteiger partial charge on any atom is 0.254 e. The summed E-state index contributed by atoms with van der Waals surface area (Å²) in [6, 6.07) is 49.3. The average Bonchev–Trinajstić information content (AvgIpc) is 3.27. The number of ether oxygens (including phenoxy) is 1. The van der Waals surface area contributed by atoms with Gasteiger partial charge in [-0.3, -0.25) is 14.4 Å². The van der Waals surface area contributed by atoms with Crippen LogP contribution in [0.3, 0.4) is 0 Å². The van der Waals surface area contributed by atoms with Gasteiger partial charge in [0.15, 0.2) is 0 Å². The summed E-state index contributed by atoms with van der Waals surface area (Å²) in [5.41, 5.74) is 13.8. The van der Waals surface area contributed by atoms with Crippen LogP contribution in [-0.2, 0) is 22.6 Å². The summed E-state index contributed by atoms with van der Waals surface area (Å²) in [6.07, 6.45) is 0.240. The summed E-state index contributed by atoms with van der Waals surface area (Å²) in [7, 11) is 5.75. The molecule has 58 heavy (non-hydrogen) atoms. The molecule has 6 aromatic rings. The second kappa shape index (κ2) is 20.0. The monoisotopic (exact) mass is 773 g/mol. The number of amides is 3. The fourth-order valence-corrected chi connectivity index (χ4v) is 6.52. The lowest BCUT2D eigenvalue weighted by atomic mass is 10.0. The number of benzene rings is 6. The summed E-state index contributed by atoms with van der Waals surface area (Å²) in [5.74, 6) is -0.102. The average molecular weight is 774 g/mol. The minimum atomic E-state index is -1.04. The van der Waals surface area contributed by atoms with E-state index in [0.29, 0.717) is 35.7 Å². The number of nitrogens with zero attached hydrogens (tertiary/aromatic N) is 3. The Morgan fingerprint density at radius 1 is 0.603 bits per heavy atom. The van der Waals surface area contributed by atoms with Gasteiger partial charge < -0.3 is 30.5 Å². The summed E-state index contributed by atoms with van der Waals surface area (Å²) < 4.78 is 6.14. The maximum absolute atomic E-state index is 14.6. The first-order chi connectivity index (χ1) is 28.2. The highest BCUT2D eigenvalue weighted by atomic mass is 16.5. The normalized spacial score (nSPS) is 11.5. The fraction of sp³-hybridized carbons (Fsp3) is 0.204. The zero-order valence-electron chi connectivity index (χ0n) is 33.4. The predicted octanol–water partition coefficient (Wildman–Crippen LogP) is 7.63. The molecule has 0 spiro atoms. The number of carbonyl (C=O) groups excluding carboxylic acids is 3. The van der Waals surface area contributed by atoms with Crippen LogP contribution < -0.4 is 20.7 Å². The Kier molecular flexibility index (Phi) is 14.2. The smallest absolute Gasteiger partial charge is 0.254 e. The molecule has 0 aliphatic heterocycles. The van der Waals surface area contributed by atoms with E-state index in [2.05, 4.69) is 41.7 Å². The zero-order chi connectivity index (χ0) is 40.9. The van der Waals surface area contributed by atoms with E-state index in [0.717, 1.165) is 39.9 Å².